The fourth-order valence-corrected chi connectivity index (χ4v) is 9.48. The molecule has 0 unspecified atom stereocenters. The van der Waals surface area contributed by atoms with Crippen molar-refractivity contribution in [3.63, 3.8) is 0 Å². The van der Waals surface area contributed by atoms with E-state index in [-0.39, 0.29) is 43.2 Å². The van der Waals surface area contributed by atoms with Gasteiger partial charge in [0.1, 0.15) is 11.8 Å². The van der Waals surface area contributed by atoms with Gasteiger partial charge in [0.05, 0.1) is 46.9 Å². The molecule has 9 rings (SSSR count). The van der Waals surface area contributed by atoms with E-state index in [1.54, 1.807) is 24.3 Å². The molecule has 4 N–H and O–H groups in total. The first-order valence-electron chi connectivity index (χ1n) is 21.6. The minimum atomic E-state index is -0.753. The van der Waals surface area contributed by atoms with E-state index < -0.39 is 17.9 Å². The largest absolute Gasteiger partial charge is 0.496 e. The smallest absolute Gasteiger partial charge is 0.262 e. The van der Waals surface area contributed by atoms with Gasteiger partial charge in [-0.15, -0.1) is 0 Å². The number of hydrogen-bond donors (Lipinski definition) is 4. The van der Waals surface area contributed by atoms with Crippen LogP contribution in [0.4, 0.5) is 22.7 Å². The second-order valence-corrected chi connectivity index (χ2v) is 16.9. The molecule has 4 saturated heterocycles. The number of fused-ring (bicyclic) bond motifs is 2. The Bertz CT molecular complexity index is 2340. The standard InChI is InChI=1S/C45H53N9O7/c1-60-39-23-31(8-9-32(39)43(57)47-35-10-11-40(55)49-45(35)59)52-20-12-28(13-21-52)25-51-18-14-30(15-19-51)54-26-29-22-37(38(24-36(29)50-54)53-16-3-2-4-17-53)48-44(58)33-6-5-7-34-42(33)61-27-41(56)46-34/h5-9,22-24,26,28,30,35H,2-4,10-21,25,27H2,1H3,(H,46,56)(H,47,57)(H,48,58)(H,49,55,59)/t35-/m0/s1. The van der Waals surface area contributed by atoms with E-state index in [1.165, 1.54) is 13.5 Å². The number of nitrogens with one attached hydrogen (secondary N) is 4. The molecule has 0 radical (unpaired) electrons. The van der Waals surface area contributed by atoms with Crippen molar-refractivity contribution in [1.82, 2.24) is 25.3 Å². The highest BCUT2D eigenvalue weighted by molar-refractivity contribution is 6.11. The third-order valence-electron chi connectivity index (χ3n) is 12.9. The highest BCUT2D eigenvalue weighted by atomic mass is 16.5. The van der Waals surface area contributed by atoms with Crippen molar-refractivity contribution >= 4 is 63.2 Å². The molecule has 1 atom stereocenters. The van der Waals surface area contributed by atoms with Crippen LogP contribution >= 0.6 is 0 Å². The summed E-state index contributed by atoms with van der Waals surface area (Å²) in [5.74, 6) is -0.335. The van der Waals surface area contributed by atoms with Crippen LogP contribution in [0.3, 0.4) is 0 Å². The second kappa shape index (κ2) is 17.4. The summed E-state index contributed by atoms with van der Waals surface area (Å²) < 4.78 is 13.4. The van der Waals surface area contributed by atoms with E-state index in [0.717, 1.165) is 112 Å². The summed E-state index contributed by atoms with van der Waals surface area (Å²) >= 11 is 0. The van der Waals surface area contributed by atoms with Gasteiger partial charge in [-0.1, -0.05) is 6.07 Å². The molecular formula is C45H53N9O7. The molecule has 320 valence electrons. The van der Waals surface area contributed by atoms with Gasteiger partial charge in [-0.25, -0.2) is 0 Å². The fraction of sp³-hybridized carbons (Fsp3) is 0.467. The molecule has 16 heteroatoms. The summed E-state index contributed by atoms with van der Waals surface area (Å²) in [5.41, 5.74) is 4.84. The topological polar surface area (TPSA) is 179 Å². The number of carbonyl (C=O) groups excluding carboxylic acids is 5. The van der Waals surface area contributed by atoms with E-state index in [4.69, 9.17) is 14.6 Å². The van der Waals surface area contributed by atoms with Gasteiger partial charge >= 0.3 is 0 Å². The van der Waals surface area contributed by atoms with Crippen LogP contribution < -0.4 is 40.5 Å². The van der Waals surface area contributed by atoms with Crippen LogP contribution in [-0.4, -0.2) is 110 Å². The number of ether oxygens (including phenoxy) is 2. The normalized spacial score (nSPS) is 20.4. The number of amides is 5. The number of hydrogen-bond acceptors (Lipinski definition) is 11. The van der Waals surface area contributed by atoms with Gasteiger partial charge in [-0.2, -0.15) is 5.10 Å². The van der Waals surface area contributed by atoms with Crippen molar-refractivity contribution in [1.29, 1.82) is 0 Å². The molecule has 0 aliphatic carbocycles. The van der Waals surface area contributed by atoms with Gasteiger partial charge < -0.3 is 40.1 Å². The van der Waals surface area contributed by atoms with Crippen LogP contribution in [0.1, 0.15) is 84.5 Å². The quantitative estimate of drug-likeness (QED) is 0.163. The molecule has 4 fully saturated rings. The lowest BCUT2D eigenvalue weighted by atomic mass is 9.94. The Morgan fingerprint density at radius 1 is 0.836 bits per heavy atom. The number of anilines is 4. The molecule has 4 aromatic rings. The maximum absolute atomic E-state index is 13.8. The first kappa shape index (κ1) is 40.3. The minimum Gasteiger partial charge on any atom is -0.496 e. The Morgan fingerprint density at radius 3 is 2.41 bits per heavy atom. The number of imide groups is 1. The number of para-hydroxylation sites is 1. The molecule has 6 heterocycles. The number of nitrogens with zero attached hydrogens (tertiary/aromatic N) is 5. The zero-order valence-corrected chi connectivity index (χ0v) is 34.5. The molecule has 0 saturated carbocycles. The van der Waals surface area contributed by atoms with E-state index in [9.17, 15) is 24.0 Å². The Balaban J connectivity index is 0.803. The van der Waals surface area contributed by atoms with Crippen LogP contribution in [0.5, 0.6) is 11.5 Å². The summed E-state index contributed by atoms with van der Waals surface area (Å²) in [6, 6.07) is 14.5. The summed E-state index contributed by atoms with van der Waals surface area (Å²) in [4.78, 5) is 69.7. The second-order valence-electron chi connectivity index (χ2n) is 16.9. The third-order valence-corrected chi connectivity index (χ3v) is 12.9. The molecule has 61 heavy (non-hydrogen) atoms. The third kappa shape index (κ3) is 8.72. The van der Waals surface area contributed by atoms with Crippen LogP contribution in [0, 0.1) is 5.92 Å². The molecule has 0 spiro atoms. The average Bonchev–Trinajstić information content (AvgIpc) is 3.70. The molecule has 0 bridgehead atoms. The van der Waals surface area contributed by atoms with Gasteiger partial charge in [0, 0.05) is 75.6 Å². The number of piperidine rings is 4. The summed E-state index contributed by atoms with van der Waals surface area (Å²) in [7, 11) is 1.54. The highest BCUT2D eigenvalue weighted by Gasteiger charge is 2.31. The number of benzene rings is 3. The SMILES string of the molecule is COc1cc(N2CCC(CN3CCC(n4cc5cc(NC(=O)c6cccc7c6OCC(=O)N7)c(N6CCCCC6)cc5n4)CC3)CC2)ccc1C(=O)N[C@H]1CCC(=O)NC1=O. The molecule has 5 amide bonds. The molecular weight excluding hydrogens is 779 g/mol. The number of aromatic nitrogens is 2. The van der Waals surface area contributed by atoms with Crippen molar-refractivity contribution in [3.05, 3.63) is 65.9 Å². The number of methoxy groups -OCH3 is 1. The van der Waals surface area contributed by atoms with Gasteiger partial charge in [0.25, 0.3) is 17.7 Å². The number of likely N-dealkylation sites (tertiary alicyclic amines) is 1. The Kier molecular flexibility index (Phi) is 11.5. The van der Waals surface area contributed by atoms with Gasteiger partial charge in [-0.05, 0) is 93.7 Å². The molecule has 1 aromatic heterocycles. The molecule has 3 aromatic carbocycles. The van der Waals surface area contributed by atoms with Crippen molar-refractivity contribution in [3.8, 4) is 11.5 Å². The van der Waals surface area contributed by atoms with Crippen molar-refractivity contribution in [2.45, 2.75) is 69.9 Å². The van der Waals surface area contributed by atoms with E-state index in [0.29, 0.717) is 34.2 Å². The lowest BCUT2D eigenvalue weighted by molar-refractivity contribution is -0.134. The maximum atomic E-state index is 13.8. The maximum Gasteiger partial charge on any atom is 0.262 e. The van der Waals surface area contributed by atoms with Crippen molar-refractivity contribution in [2.75, 3.05) is 80.0 Å². The van der Waals surface area contributed by atoms with Crippen LogP contribution in [0.15, 0.2) is 54.7 Å². The fourth-order valence-electron chi connectivity index (χ4n) is 9.48. The van der Waals surface area contributed by atoms with Gasteiger partial charge in [0.2, 0.25) is 11.8 Å². The number of rotatable bonds is 10. The average molecular weight is 832 g/mol. The predicted octanol–water partition coefficient (Wildman–Crippen LogP) is 4.71. The Hall–Kier alpha value is -6.16. The predicted molar refractivity (Wildman–Crippen MR) is 231 cm³/mol. The Labute approximate surface area is 354 Å². The monoisotopic (exact) mass is 831 g/mol. The molecule has 5 aliphatic heterocycles. The lowest BCUT2D eigenvalue weighted by Crippen LogP contribution is -2.52. The van der Waals surface area contributed by atoms with Gasteiger partial charge in [-0.3, -0.25) is 34.0 Å². The number of carbonyl (C=O) groups is 5. The summed E-state index contributed by atoms with van der Waals surface area (Å²) in [6.07, 6.45) is 10.1. The first-order valence-corrected chi connectivity index (χ1v) is 21.6. The first-order chi connectivity index (χ1) is 29.7. The van der Waals surface area contributed by atoms with Crippen LogP contribution in [0.25, 0.3) is 10.9 Å². The summed E-state index contributed by atoms with van der Waals surface area (Å²) in [6.45, 7) is 6.60. The Morgan fingerprint density at radius 2 is 1.64 bits per heavy atom. The van der Waals surface area contributed by atoms with Crippen LogP contribution in [0.2, 0.25) is 0 Å². The van der Waals surface area contributed by atoms with Gasteiger partial charge in [0.15, 0.2) is 12.4 Å². The van der Waals surface area contributed by atoms with Crippen LogP contribution in [-0.2, 0) is 14.4 Å². The lowest BCUT2D eigenvalue weighted by Gasteiger charge is -2.38. The minimum absolute atomic E-state index is 0.129. The summed E-state index contributed by atoms with van der Waals surface area (Å²) in [5, 5.41) is 17.1. The highest BCUT2D eigenvalue weighted by Crippen LogP contribution is 2.37. The van der Waals surface area contributed by atoms with Crippen molar-refractivity contribution < 1.29 is 33.4 Å². The molecule has 16 nitrogen and oxygen atoms in total. The van der Waals surface area contributed by atoms with E-state index in [2.05, 4.69) is 52.9 Å². The van der Waals surface area contributed by atoms with E-state index >= 15 is 0 Å². The van der Waals surface area contributed by atoms with E-state index in [1.807, 2.05) is 18.2 Å². The molecule has 5 aliphatic rings. The zero-order valence-electron chi connectivity index (χ0n) is 34.5. The zero-order chi connectivity index (χ0) is 42.0. The van der Waals surface area contributed by atoms with Crippen molar-refractivity contribution in [2.24, 2.45) is 5.92 Å².